The molecule has 7 rings (SSSR count). The van der Waals surface area contributed by atoms with Gasteiger partial charge < -0.3 is 9.94 Å². The van der Waals surface area contributed by atoms with Crippen LogP contribution in [0.15, 0.2) is 53.8 Å². The maximum atomic E-state index is 10.2. The first-order chi connectivity index (χ1) is 15.4. The molecule has 166 valence electrons. The third kappa shape index (κ3) is 2.32. The highest BCUT2D eigenvalue weighted by molar-refractivity contribution is 5.84. The van der Waals surface area contributed by atoms with E-state index in [0.29, 0.717) is 5.92 Å². The normalized spacial score (nSPS) is 39.9. The lowest BCUT2D eigenvalue weighted by Gasteiger charge is -2.54. The molecule has 1 aromatic heterocycles. The fourth-order valence-electron chi connectivity index (χ4n) is 7.83. The zero-order valence-corrected chi connectivity index (χ0v) is 18.9. The molecule has 0 unspecified atom stereocenters. The van der Waals surface area contributed by atoms with E-state index in [-0.39, 0.29) is 22.7 Å². The Labute approximate surface area is 188 Å². The summed E-state index contributed by atoms with van der Waals surface area (Å²) in [5.74, 6) is 0.451. The number of fused-ring (bicyclic) bond motifs is 2. The number of hydrogen-bond acceptors (Lipinski definition) is 4. The van der Waals surface area contributed by atoms with Gasteiger partial charge in [-0.1, -0.05) is 37.3 Å². The fraction of sp³-hybridized carbons (Fsp3) is 0.519. The molecular formula is C27H31N3O2. The first-order valence-corrected chi connectivity index (χ1v) is 12.1. The standard InChI is InChI=1S/C27H31N3O2/c1-25-10-9-20-14-19-5-6-21(30(2)31)15-26(19)11-12-27(20,32-26)24(25)8-7-22(25)17-3-4-18-16-28-29-23(18)13-17/h3-4,7,9,13-14,16,21,24,31H,5-6,8,10-12,15H2,1-2H3,(H,28,29)/t21-,24+,25+,26+,27+/m0/s1. The highest BCUT2D eigenvalue weighted by Gasteiger charge is 2.65. The predicted molar refractivity (Wildman–Crippen MR) is 124 cm³/mol. The minimum atomic E-state index is -0.192. The summed E-state index contributed by atoms with van der Waals surface area (Å²) in [5, 5.41) is 20.1. The van der Waals surface area contributed by atoms with Crippen LogP contribution in [-0.2, 0) is 4.74 Å². The Balaban J connectivity index is 1.29. The summed E-state index contributed by atoms with van der Waals surface area (Å²) in [6.45, 7) is 2.45. The van der Waals surface area contributed by atoms with Crippen molar-refractivity contribution in [1.82, 2.24) is 15.3 Å². The van der Waals surface area contributed by atoms with Gasteiger partial charge in [0.05, 0.1) is 22.9 Å². The predicted octanol–water partition coefficient (Wildman–Crippen LogP) is 5.40. The van der Waals surface area contributed by atoms with Gasteiger partial charge in [-0.2, -0.15) is 10.2 Å². The smallest absolute Gasteiger partial charge is 0.0980 e. The lowest BCUT2D eigenvalue weighted by atomic mass is 9.58. The quantitative estimate of drug-likeness (QED) is 0.627. The molecule has 2 fully saturated rings. The van der Waals surface area contributed by atoms with Crippen molar-refractivity contribution in [3.05, 3.63) is 59.3 Å². The topological polar surface area (TPSA) is 61.4 Å². The number of hydroxylamine groups is 2. The third-order valence-electron chi connectivity index (χ3n) is 9.53. The average Bonchev–Trinajstić information content (AvgIpc) is 3.47. The molecule has 5 aliphatic rings. The highest BCUT2D eigenvalue weighted by Crippen LogP contribution is 2.67. The van der Waals surface area contributed by atoms with Crippen LogP contribution in [-0.4, -0.2) is 44.8 Å². The second-order valence-electron chi connectivity index (χ2n) is 11.0. The molecule has 1 saturated carbocycles. The van der Waals surface area contributed by atoms with E-state index in [1.54, 1.807) is 7.05 Å². The SMILES string of the molecule is CN(O)[C@H]1CCC2=CC3=CC[C@]4(C)C(c5ccc6cn[nH]c6c5)=CC[C@H]4[C@@]34CC[C@]2(C1)O4. The lowest BCUT2D eigenvalue weighted by molar-refractivity contribution is -0.165. The molecule has 2 bridgehead atoms. The molecule has 32 heavy (non-hydrogen) atoms. The number of hydrogen-bond donors (Lipinski definition) is 2. The van der Waals surface area contributed by atoms with Crippen molar-refractivity contribution < 1.29 is 9.94 Å². The van der Waals surface area contributed by atoms with Gasteiger partial charge in [0.2, 0.25) is 0 Å². The van der Waals surface area contributed by atoms with E-state index in [9.17, 15) is 5.21 Å². The second-order valence-corrected chi connectivity index (χ2v) is 11.0. The van der Waals surface area contributed by atoms with Crippen LogP contribution in [0.25, 0.3) is 16.5 Å². The maximum absolute atomic E-state index is 10.2. The Hall–Kier alpha value is -2.21. The fourth-order valence-corrected chi connectivity index (χ4v) is 7.83. The minimum Gasteiger partial charge on any atom is -0.359 e. The zero-order valence-electron chi connectivity index (χ0n) is 18.9. The minimum absolute atomic E-state index is 0.0654. The summed E-state index contributed by atoms with van der Waals surface area (Å²) in [5.41, 5.74) is 6.44. The van der Waals surface area contributed by atoms with E-state index in [1.165, 1.54) is 27.3 Å². The van der Waals surface area contributed by atoms with Crippen LogP contribution in [0.1, 0.15) is 57.4 Å². The van der Waals surface area contributed by atoms with Crippen molar-refractivity contribution in [2.75, 3.05) is 7.05 Å². The summed E-state index contributed by atoms with van der Waals surface area (Å²) in [4.78, 5) is 0. The van der Waals surface area contributed by atoms with Gasteiger partial charge in [-0.15, -0.1) is 0 Å². The number of nitrogens with zero attached hydrogens (tertiary/aromatic N) is 2. The number of nitrogens with one attached hydrogen (secondary N) is 1. The van der Waals surface area contributed by atoms with Gasteiger partial charge in [0, 0.05) is 29.8 Å². The number of allylic oxidation sites excluding steroid dienone is 3. The maximum Gasteiger partial charge on any atom is 0.0980 e. The molecule has 2 N–H and O–H groups in total. The van der Waals surface area contributed by atoms with Crippen LogP contribution in [0.4, 0.5) is 0 Å². The molecule has 5 nitrogen and oxygen atoms in total. The number of aromatic amines is 1. The molecule has 5 atom stereocenters. The molecule has 3 aliphatic carbocycles. The van der Waals surface area contributed by atoms with E-state index in [2.05, 4.69) is 53.5 Å². The summed E-state index contributed by atoms with van der Waals surface area (Å²) in [6, 6.07) is 6.88. The Bertz CT molecular complexity index is 1220. The van der Waals surface area contributed by atoms with Crippen molar-refractivity contribution >= 4 is 16.5 Å². The van der Waals surface area contributed by atoms with Crippen molar-refractivity contribution in [3.8, 4) is 0 Å². The second kappa shape index (κ2) is 6.22. The van der Waals surface area contributed by atoms with Gasteiger partial charge >= 0.3 is 0 Å². The van der Waals surface area contributed by atoms with E-state index >= 15 is 0 Å². The van der Waals surface area contributed by atoms with E-state index in [0.717, 1.165) is 55.8 Å². The summed E-state index contributed by atoms with van der Waals surface area (Å²) in [6.07, 6.45) is 16.6. The molecule has 0 radical (unpaired) electrons. The molecule has 2 aromatic rings. The Morgan fingerprint density at radius 1 is 1.25 bits per heavy atom. The van der Waals surface area contributed by atoms with Gasteiger partial charge in [0.15, 0.2) is 0 Å². The first-order valence-electron chi connectivity index (χ1n) is 12.1. The molecule has 1 aromatic carbocycles. The molecule has 3 heterocycles. The number of H-pyrrole nitrogens is 1. The zero-order chi connectivity index (χ0) is 21.7. The number of ether oxygens (including phenoxy) is 1. The van der Waals surface area contributed by atoms with Gasteiger partial charge in [-0.25, -0.2) is 0 Å². The highest BCUT2D eigenvalue weighted by atomic mass is 16.5. The molecule has 5 heteroatoms. The van der Waals surface area contributed by atoms with Crippen molar-refractivity contribution in [1.29, 1.82) is 0 Å². The number of benzene rings is 1. The van der Waals surface area contributed by atoms with Gasteiger partial charge in [-0.05, 0) is 73.3 Å². The summed E-state index contributed by atoms with van der Waals surface area (Å²) >= 11 is 0. The molecular weight excluding hydrogens is 398 g/mol. The van der Waals surface area contributed by atoms with E-state index in [4.69, 9.17) is 4.74 Å². The summed E-state index contributed by atoms with van der Waals surface area (Å²) < 4.78 is 7.26. The Morgan fingerprint density at radius 3 is 3.03 bits per heavy atom. The van der Waals surface area contributed by atoms with Crippen molar-refractivity contribution in [2.45, 2.75) is 69.1 Å². The van der Waals surface area contributed by atoms with Gasteiger partial charge in [-0.3, -0.25) is 5.10 Å². The van der Waals surface area contributed by atoms with Crippen LogP contribution in [0.3, 0.4) is 0 Å². The number of rotatable bonds is 2. The monoisotopic (exact) mass is 429 g/mol. The van der Waals surface area contributed by atoms with Crippen LogP contribution in [0.2, 0.25) is 0 Å². The molecule has 1 saturated heterocycles. The molecule has 2 spiro atoms. The first kappa shape index (κ1) is 19.3. The number of aromatic nitrogens is 2. The van der Waals surface area contributed by atoms with Gasteiger partial charge in [0.25, 0.3) is 0 Å². The molecule has 2 aliphatic heterocycles. The Kier molecular flexibility index (Phi) is 3.75. The summed E-state index contributed by atoms with van der Waals surface area (Å²) in [7, 11) is 1.79. The lowest BCUT2D eigenvalue weighted by Crippen LogP contribution is -2.54. The largest absolute Gasteiger partial charge is 0.359 e. The average molecular weight is 430 g/mol. The van der Waals surface area contributed by atoms with Crippen LogP contribution in [0.5, 0.6) is 0 Å². The van der Waals surface area contributed by atoms with Crippen LogP contribution < -0.4 is 0 Å². The van der Waals surface area contributed by atoms with Gasteiger partial charge in [0.1, 0.15) is 0 Å². The third-order valence-corrected chi connectivity index (χ3v) is 9.53. The van der Waals surface area contributed by atoms with E-state index in [1.807, 2.05) is 6.20 Å². The van der Waals surface area contributed by atoms with Crippen LogP contribution in [0, 0.1) is 11.3 Å². The van der Waals surface area contributed by atoms with Crippen molar-refractivity contribution in [2.24, 2.45) is 11.3 Å². The van der Waals surface area contributed by atoms with Crippen molar-refractivity contribution in [3.63, 3.8) is 0 Å². The van der Waals surface area contributed by atoms with E-state index < -0.39 is 0 Å². The van der Waals surface area contributed by atoms with Crippen LogP contribution >= 0.6 is 0 Å². The Morgan fingerprint density at radius 2 is 2.16 bits per heavy atom. The molecule has 0 amide bonds.